The maximum Gasteiger partial charge on any atom is 0.448 e. The molecule has 0 bridgehead atoms. The molecule has 1 aliphatic heterocycles. The highest BCUT2D eigenvalue weighted by atomic mass is 19.4. The molecule has 0 saturated carbocycles. The summed E-state index contributed by atoms with van der Waals surface area (Å²) in [6, 6.07) is 16.2. The van der Waals surface area contributed by atoms with Crippen molar-refractivity contribution in [2.24, 2.45) is 0 Å². The summed E-state index contributed by atoms with van der Waals surface area (Å²) in [5.74, 6) is -1.78. The number of carbonyl (C=O) groups excluding carboxylic acids is 1. The topological polar surface area (TPSA) is 78.0 Å². The molecular formula is C23H20F3N3O2. The van der Waals surface area contributed by atoms with Crippen LogP contribution < -0.4 is 5.32 Å². The fourth-order valence-electron chi connectivity index (χ4n) is 2.90. The number of carbonyl (C=O) groups is 1. The van der Waals surface area contributed by atoms with Crippen LogP contribution in [0.25, 0.3) is 23.4 Å². The Hall–Kier alpha value is -3.81. The number of aromatic amines is 1. The molecule has 0 radical (unpaired) electrons. The van der Waals surface area contributed by atoms with Crippen LogP contribution in [0.4, 0.5) is 13.2 Å². The van der Waals surface area contributed by atoms with Crippen LogP contribution in [0, 0.1) is 0 Å². The number of alkyl halides is 3. The van der Waals surface area contributed by atoms with E-state index in [1.807, 2.05) is 42.5 Å². The number of fused-ring (bicyclic) bond motifs is 1. The Labute approximate surface area is 177 Å². The molecule has 8 heteroatoms. The molecule has 1 aromatic carbocycles. The first-order chi connectivity index (χ1) is 14.7. The van der Waals surface area contributed by atoms with Crippen LogP contribution in [-0.4, -0.2) is 33.7 Å². The van der Waals surface area contributed by atoms with Crippen molar-refractivity contribution in [3.05, 3.63) is 89.6 Å². The Bertz CT molecular complexity index is 1100. The third-order valence-corrected chi connectivity index (χ3v) is 4.47. The van der Waals surface area contributed by atoms with Crippen molar-refractivity contribution in [3.8, 4) is 11.3 Å². The molecule has 0 unspecified atom stereocenters. The van der Waals surface area contributed by atoms with Crippen molar-refractivity contribution in [1.82, 2.24) is 15.3 Å². The first-order valence-corrected chi connectivity index (χ1v) is 9.39. The molecule has 31 heavy (non-hydrogen) atoms. The molecule has 5 nitrogen and oxygen atoms in total. The Morgan fingerprint density at radius 2 is 1.84 bits per heavy atom. The van der Waals surface area contributed by atoms with Crippen molar-refractivity contribution in [2.45, 2.75) is 12.6 Å². The van der Waals surface area contributed by atoms with Crippen LogP contribution in [0.2, 0.25) is 0 Å². The number of H-pyrrole nitrogens is 1. The molecule has 0 atom stereocenters. The summed E-state index contributed by atoms with van der Waals surface area (Å²) in [6.45, 7) is 2.96. The number of benzene rings is 1. The zero-order valence-corrected chi connectivity index (χ0v) is 16.4. The zero-order valence-electron chi connectivity index (χ0n) is 16.4. The van der Waals surface area contributed by atoms with Gasteiger partial charge in [-0.15, -0.1) is 0 Å². The normalized spacial score (nSPS) is 13.2. The van der Waals surface area contributed by atoms with E-state index in [-0.39, 0.29) is 5.91 Å². The van der Waals surface area contributed by atoms with Crippen molar-refractivity contribution in [3.63, 3.8) is 0 Å². The summed E-state index contributed by atoms with van der Waals surface area (Å²) in [4.78, 5) is 19.5. The minimum Gasteiger partial charge on any atom is -0.505 e. The number of nitrogens with one attached hydrogen (secondary N) is 2. The van der Waals surface area contributed by atoms with Gasteiger partial charge in [-0.05, 0) is 41.8 Å². The van der Waals surface area contributed by atoms with E-state index in [1.165, 1.54) is 0 Å². The average Bonchev–Trinajstić information content (AvgIpc) is 3.19. The molecule has 160 valence electrons. The lowest BCUT2D eigenvalue weighted by Gasteiger charge is -2.10. The van der Waals surface area contributed by atoms with Crippen LogP contribution >= 0.6 is 0 Å². The second kappa shape index (κ2) is 9.34. The van der Waals surface area contributed by atoms with E-state index in [9.17, 15) is 18.0 Å². The van der Waals surface area contributed by atoms with Gasteiger partial charge >= 0.3 is 6.18 Å². The van der Waals surface area contributed by atoms with Crippen molar-refractivity contribution in [2.75, 3.05) is 6.54 Å². The SMILES string of the molecule is C=C(O)C(F)(F)F.O=C1NCCc2cc(-c3ccnc(/C=C/c4ccccc4)c3)[nH]c21. The van der Waals surface area contributed by atoms with Gasteiger partial charge in [-0.25, -0.2) is 0 Å². The molecule has 3 aromatic rings. The number of nitrogens with zero attached hydrogens (tertiary/aromatic N) is 1. The van der Waals surface area contributed by atoms with Crippen molar-refractivity contribution < 1.29 is 23.1 Å². The summed E-state index contributed by atoms with van der Waals surface area (Å²) in [7, 11) is 0. The lowest BCUT2D eigenvalue weighted by Crippen LogP contribution is -2.31. The maximum atomic E-state index is 11.9. The molecule has 4 rings (SSSR count). The number of aliphatic hydroxyl groups is 1. The monoisotopic (exact) mass is 427 g/mol. The van der Waals surface area contributed by atoms with E-state index < -0.39 is 11.9 Å². The van der Waals surface area contributed by atoms with E-state index >= 15 is 0 Å². The predicted octanol–water partition coefficient (Wildman–Crippen LogP) is 5.15. The van der Waals surface area contributed by atoms with Gasteiger partial charge in [0.1, 0.15) is 5.69 Å². The number of amides is 1. The molecule has 2 aromatic heterocycles. The molecule has 1 aliphatic rings. The van der Waals surface area contributed by atoms with Crippen LogP contribution in [0.3, 0.4) is 0 Å². The van der Waals surface area contributed by atoms with Gasteiger partial charge in [0.25, 0.3) is 5.91 Å². The Morgan fingerprint density at radius 1 is 1.13 bits per heavy atom. The molecule has 0 saturated heterocycles. The highest BCUT2D eigenvalue weighted by Gasteiger charge is 2.31. The summed E-state index contributed by atoms with van der Waals surface area (Å²) >= 11 is 0. The fraction of sp³-hybridized carbons (Fsp3) is 0.130. The molecule has 0 fully saturated rings. The fourth-order valence-corrected chi connectivity index (χ4v) is 2.90. The first kappa shape index (κ1) is 21.9. The number of hydrogen-bond donors (Lipinski definition) is 3. The van der Waals surface area contributed by atoms with Crippen LogP contribution in [-0.2, 0) is 6.42 Å². The van der Waals surface area contributed by atoms with Crippen LogP contribution in [0.5, 0.6) is 0 Å². The molecular weight excluding hydrogens is 407 g/mol. The highest BCUT2D eigenvalue weighted by Crippen LogP contribution is 2.24. The lowest BCUT2D eigenvalue weighted by molar-refractivity contribution is -0.119. The van der Waals surface area contributed by atoms with E-state index in [0.717, 1.165) is 34.5 Å². The standard InChI is InChI=1S/C20H17N3O.C3H3F3O/c24-20-19-16(9-11-22-20)13-18(23-19)15-8-10-21-17(12-15)7-6-14-4-2-1-3-5-14;1-2(7)3(4,5)6/h1-8,10,12-13,23H,9,11H2,(H,22,24);7H,1H2/b7-6+;. The molecule has 0 aliphatic carbocycles. The number of aromatic nitrogens is 2. The third-order valence-electron chi connectivity index (χ3n) is 4.47. The van der Waals surface area contributed by atoms with E-state index in [1.54, 1.807) is 6.20 Å². The van der Waals surface area contributed by atoms with Gasteiger partial charge in [0.05, 0.1) is 5.69 Å². The van der Waals surface area contributed by atoms with Gasteiger partial charge in [0.2, 0.25) is 0 Å². The summed E-state index contributed by atoms with van der Waals surface area (Å²) in [6.07, 6.45) is 2.05. The largest absolute Gasteiger partial charge is 0.505 e. The highest BCUT2D eigenvalue weighted by molar-refractivity contribution is 5.96. The van der Waals surface area contributed by atoms with Crippen LogP contribution in [0.1, 0.15) is 27.3 Å². The van der Waals surface area contributed by atoms with Crippen molar-refractivity contribution in [1.29, 1.82) is 0 Å². The van der Waals surface area contributed by atoms with Gasteiger partial charge in [0, 0.05) is 24.0 Å². The van der Waals surface area contributed by atoms with Crippen molar-refractivity contribution >= 4 is 18.1 Å². The summed E-state index contributed by atoms with van der Waals surface area (Å²) in [5.41, 5.74) is 5.75. The van der Waals surface area contributed by atoms with Gasteiger partial charge < -0.3 is 15.4 Å². The number of hydrogen-bond acceptors (Lipinski definition) is 3. The number of aliphatic hydroxyl groups excluding tert-OH is 1. The Balaban J connectivity index is 0.000000339. The van der Waals surface area contributed by atoms with Gasteiger partial charge in [-0.3, -0.25) is 9.78 Å². The number of allylic oxidation sites excluding steroid dienone is 1. The van der Waals surface area contributed by atoms with E-state index in [2.05, 4.69) is 40.1 Å². The third kappa shape index (κ3) is 5.85. The summed E-state index contributed by atoms with van der Waals surface area (Å²) in [5, 5.41) is 10.4. The Kier molecular flexibility index (Phi) is 6.59. The quantitative estimate of drug-likeness (QED) is 0.506. The maximum absolute atomic E-state index is 11.9. The van der Waals surface area contributed by atoms with E-state index in [0.29, 0.717) is 12.2 Å². The number of halogens is 3. The zero-order chi connectivity index (χ0) is 22.4. The molecule has 3 N–H and O–H groups in total. The molecule has 1 amide bonds. The van der Waals surface area contributed by atoms with Crippen LogP contribution in [0.15, 0.2) is 67.1 Å². The number of pyridine rings is 1. The van der Waals surface area contributed by atoms with Gasteiger partial charge in [0.15, 0.2) is 5.76 Å². The molecule has 0 spiro atoms. The second-order valence-electron chi connectivity index (χ2n) is 6.75. The second-order valence-corrected chi connectivity index (χ2v) is 6.75. The smallest absolute Gasteiger partial charge is 0.448 e. The lowest BCUT2D eigenvalue weighted by atomic mass is 10.1. The van der Waals surface area contributed by atoms with E-state index in [4.69, 9.17) is 5.11 Å². The minimum absolute atomic E-state index is 0.0271. The summed E-state index contributed by atoms with van der Waals surface area (Å²) < 4.78 is 32.5. The predicted molar refractivity (Wildman–Crippen MR) is 113 cm³/mol. The van der Waals surface area contributed by atoms with Gasteiger partial charge in [-0.2, -0.15) is 13.2 Å². The average molecular weight is 427 g/mol. The first-order valence-electron chi connectivity index (χ1n) is 9.39. The van der Waals surface area contributed by atoms with Gasteiger partial charge in [-0.1, -0.05) is 43.0 Å². The minimum atomic E-state index is -4.64. The molecule has 3 heterocycles. The number of rotatable bonds is 3. The Morgan fingerprint density at radius 3 is 2.48 bits per heavy atom.